The smallest absolute Gasteiger partial charge is 0.334 e. The Kier molecular flexibility index (Phi) is 7.40. The van der Waals surface area contributed by atoms with Crippen molar-refractivity contribution in [2.45, 2.75) is 57.5 Å². The molecular weight excluding hydrogens is 453 g/mol. The van der Waals surface area contributed by atoms with Crippen LogP contribution in [0.15, 0.2) is 18.5 Å². The average Bonchev–Trinajstić information content (AvgIpc) is 3.52. The second-order valence-electron chi connectivity index (χ2n) is 8.83. The molecule has 1 fully saturated rings. The summed E-state index contributed by atoms with van der Waals surface area (Å²) in [4.78, 5) is 12.9. The molecule has 2 N–H and O–H groups in total. The monoisotopic (exact) mass is 482 g/mol. The van der Waals surface area contributed by atoms with Crippen LogP contribution in [0.2, 0.25) is 0 Å². The molecule has 0 bridgehead atoms. The van der Waals surface area contributed by atoms with Crippen molar-refractivity contribution in [3.8, 4) is 0 Å². The average molecular weight is 483 g/mol. The number of hydrogen-bond acceptors (Lipinski definition) is 5. The summed E-state index contributed by atoms with van der Waals surface area (Å²) in [7, 11) is -2.44. The number of benzene rings is 1. The third-order valence-corrected chi connectivity index (χ3v) is 7.98. The number of nitrogens with one attached hydrogen (secondary N) is 2. The molecule has 2 amide bonds. The summed E-state index contributed by atoms with van der Waals surface area (Å²) in [6, 6.07) is 1.54. The SMILES string of the molecule is Cn1cc(N(C[C@@H]2CCCO2)S(=O)(=O)NC(=O)Nc2c3c(cc4c2CCC4)CCC3)cn1.[Na]. The van der Waals surface area contributed by atoms with Crippen molar-refractivity contribution in [3.63, 3.8) is 0 Å². The van der Waals surface area contributed by atoms with Crippen LogP contribution in [0.1, 0.15) is 47.9 Å². The van der Waals surface area contributed by atoms with Gasteiger partial charge in [-0.05, 0) is 73.6 Å². The maximum absolute atomic E-state index is 13.3. The van der Waals surface area contributed by atoms with Gasteiger partial charge in [0, 0.05) is 55.1 Å². The molecule has 0 unspecified atom stereocenters. The molecule has 1 aromatic heterocycles. The first kappa shape index (κ1) is 24.5. The largest absolute Gasteiger partial charge is 0.376 e. The number of urea groups is 1. The van der Waals surface area contributed by atoms with E-state index in [0.29, 0.717) is 12.3 Å². The van der Waals surface area contributed by atoms with E-state index in [-0.39, 0.29) is 42.2 Å². The minimum atomic E-state index is -4.16. The summed E-state index contributed by atoms with van der Waals surface area (Å²) in [5, 5.41) is 6.99. The fourth-order valence-corrected chi connectivity index (χ4v) is 6.26. The van der Waals surface area contributed by atoms with Crippen molar-refractivity contribution in [2.24, 2.45) is 7.05 Å². The maximum atomic E-state index is 13.3. The van der Waals surface area contributed by atoms with Gasteiger partial charge in [0.15, 0.2) is 0 Å². The summed E-state index contributed by atoms with van der Waals surface area (Å²) in [6.07, 6.45) is 10.5. The van der Waals surface area contributed by atoms with Gasteiger partial charge in [0.25, 0.3) is 0 Å². The van der Waals surface area contributed by atoms with Gasteiger partial charge < -0.3 is 10.1 Å². The molecule has 33 heavy (non-hydrogen) atoms. The summed E-state index contributed by atoms with van der Waals surface area (Å²) < 4.78 is 37.1. The quantitative estimate of drug-likeness (QED) is 0.614. The van der Waals surface area contributed by atoms with Gasteiger partial charge >= 0.3 is 16.2 Å². The normalized spacial score (nSPS) is 19.0. The molecule has 173 valence electrons. The van der Waals surface area contributed by atoms with Gasteiger partial charge in [0.2, 0.25) is 0 Å². The van der Waals surface area contributed by atoms with E-state index in [1.807, 2.05) is 0 Å². The number of amides is 2. The third kappa shape index (κ3) is 5.09. The van der Waals surface area contributed by atoms with Gasteiger partial charge in [-0.1, -0.05) is 6.07 Å². The van der Waals surface area contributed by atoms with E-state index >= 15 is 0 Å². The van der Waals surface area contributed by atoms with E-state index < -0.39 is 16.2 Å². The molecule has 1 radical (unpaired) electrons. The van der Waals surface area contributed by atoms with Crippen molar-refractivity contribution in [2.75, 3.05) is 22.8 Å². The Hall–Kier alpha value is -1.59. The van der Waals surface area contributed by atoms with Crippen LogP contribution < -0.4 is 14.3 Å². The number of nitrogens with zero attached hydrogens (tertiary/aromatic N) is 3. The van der Waals surface area contributed by atoms with Crippen molar-refractivity contribution in [3.05, 3.63) is 40.7 Å². The van der Waals surface area contributed by atoms with Gasteiger partial charge in [0.05, 0.1) is 24.5 Å². The number of rotatable bonds is 6. The van der Waals surface area contributed by atoms with Crippen molar-refractivity contribution >= 4 is 57.2 Å². The van der Waals surface area contributed by atoms with Gasteiger partial charge in [0.1, 0.15) is 0 Å². The summed E-state index contributed by atoms with van der Waals surface area (Å²) in [6.45, 7) is 0.744. The van der Waals surface area contributed by atoms with Crippen molar-refractivity contribution in [1.82, 2.24) is 14.5 Å². The van der Waals surface area contributed by atoms with Crippen LogP contribution >= 0.6 is 0 Å². The van der Waals surface area contributed by atoms with Gasteiger partial charge in [-0.3, -0.25) is 4.68 Å². The number of anilines is 2. The summed E-state index contributed by atoms with van der Waals surface area (Å²) in [5.74, 6) is 0. The third-order valence-electron chi connectivity index (χ3n) is 6.60. The summed E-state index contributed by atoms with van der Waals surface area (Å²) >= 11 is 0. The van der Waals surface area contributed by atoms with Gasteiger partial charge in [-0.2, -0.15) is 13.5 Å². The molecule has 9 nitrogen and oxygen atoms in total. The summed E-state index contributed by atoms with van der Waals surface area (Å²) in [5.41, 5.74) is 6.07. The Balaban J connectivity index is 0.00000259. The number of hydrogen-bond donors (Lipinski definition) is 2. The van der Waals surface area contributed by atoms with E-state index in [2.05, 4.69) is 21.2 Å². The first-order valence-electron chi connectivity index (χ1n) is 11.3. The van der Waals surface area contributed by atoms with Crippen LogP contribution in [-0.2, 0) is 47.7 Å². The first-order valence-corrected chi connectivity index (χ1v) is 12.7. The Morgan fingerprint density at radius 2 is 1.88 bits per heavy atom. The Morgan fingerprint density at radius 3 is 2.45 bits per heavy atom. The molecule has 2 heterocycles. The minimum absolute atomic E-state index is 0. The van der Waals surface area contributed by atoms with Gasteiger partial charge in [-0.25, -0.2) is 13.8 Å². The number of carbonyl (C=O) groups is 1. The molecule has 0 saturated carbocycles. The molecule has 1 saturated heterocycles. The van der Waals surface area contributed by atoms with Crippen LogP contribution in [-0.4, -0.2) is 73.0 Å². The fourth-order valence-electron chi connectivity index (χ4n) is 5.13. The molecule has 5 rings (SSSR count). The predicted molar refractivity (Wildman–Crippen MR) is 127 cm³/mol. The zero-order valence-corrected chi connectivity index (χ0v) is 22.1. The van der Waals surface area contributed by atoms with E-state index in [1.165, 1.54) is 26.3 Å². The topological polar surface area (TPSA) is 106 Å². The van der Waals surface area contributed by atoms with Crippen LogP contribution in [0.25, 0.3) is 0 Å². The van der Waals surface area contributed by atoms with E-state index in [9.17, 15) is 13.2 Å². The molecule has 3 aliphatic rings. The zero-order valence-electron chi connectivity index (χ0n) is 19.3. The van der Waals surface area contributed by atoms with Crippen molar-refractivity contribution in [1.29, 1.82) is 0 Å². The second kappa shape index (κ2) is 9.95. The second-order valence-corrected chi connectivity index (χ2v) is 10.4. The Bertz CT molecular complexity index is 1110. The van der Waals surface area contributed by atoms with Crippen LogP contribution in [0.3, 0.4) is 0 Å². The molecule has 0 spiro atoms. The number of aryl methyl sites for hydroxylation is 3. The number of aromatic nitrogens is 2. The molecule has 11 heteroatoms. The van der Waals surface area contributed by atoms with E-state index in [4.69, 9.17) is 4.74 Å². The minimum Gasteiger partial charge on any atom is -0.376 e. The molecule has 1 aliphatic heterocycles. The van der Waals surface area contributed by atoms with Gasteiger partial charge in [-0.15, -0.1) is 0 Å². The maximum Gasteiger partial charge on any atom is 0.334 e. The van der Waals surface area contributed by atoms with Crippen molar-refractivity contribution < 1.29 is 17.9 Å². The molecule has 2 aromatic rings. The predicted octanol–water partition coefficient (Wildman–Crippen LogP) is 2.07. The number of carbonyl (C=O) groups excluding carboxylic acids is 1. The molecule has 2 aliphatic carbocycles. The Morgan fingerprint density at radius 1 is 1.18 bits per heavy atom. The number of fused-ring (bicyclic) bond motifs is 2. The molecule has 1 atom stereocenters. The van der Waals surface area contributed by atoms with Crippen LogP contribution in [0.5, 0.6) is 0 Å². The molecule has 1 aromatic carbocycles. The standard InChI is InChI=1S/C22H29N5O4S.Na/c1-26-13-17(12-23-26)27(14-18-7-4-10-31-18)32(29,30)25-22(28)24-21-19-8-2-5-15(19)11-16-6-3-9-20(16)21;/h11-13,18H,2-10,14H2,1H3,(H2,24,25,28);/t18-;/m0./s1. The van der Waals surface area contributed by atoms with Crippen LogP contribution in [0.4, 0.5) is 16.2 Å². The molecular formula is C22H29N5NaO4S. The number of ether oxygens (including phenoxy) is 1. The van der Waals surface area contributed by atoms with E-state index in [1.54, 1.807) is 13.2 Å². The van der Waals surface area contributed by atoms with Crippen LogP contribution in [0, 0.1) is 0 Å². The Labute approximate surface area is 216 Å². The zero-order chi connectivity index (χ0) is 22.3. The van der Waals surface area contributed by atoms with E-state index in [0.717, 1.165) is 68.2 Å². The fraction of sp³-hybridized carbons (Fsp3) is 0.545. The first-order chi connectivity index (χ1) is 15.4.